The maximum Gasteiger partial charge on any atom is 0.240 e. The topological polar surface area (TPSA) is 55.4 Å². The highest BCUT2D eigenvalue weighted by Gasteiger charge is 2.21. The number of ether oxygens (including phenoxy) is 1. The average molecular weight is 255 g/mol. The summed E-state index contributed by atoms with van der Waals surface area (Å²) >= 11 is 0. The average Bonchev–Trinajstić information content (AvgIpc) is 2.30. The van der Waals surface area contributed by atoms with E-state index >= 15 is 0 Å². The second-order valence-corrected chi connectivity index (χ2v) is 6.03. The third kappa shape index (κ3) is 3.28. The van der Waals surface area contributed by atoms with Gasteiger partial charge in [-0.2, -0.15) is 0 Å². The van der Waals surface area contributed by atoms with Crippen molar-refractivity contribution in [3.8, 4) is 0 Å². The predicted molar refractivity (Wildman–Crippen MR) is 65.3 cm³/mol. The normalized spacial score (nSPS) is 18.2. The van der Waals surface area contributed by atoms with Crippen LogP contribution in [0.3, 0.4) is 0 Å². The molecule has 1 aliphatic heterocycles. The van der Waals surface area contributed by atoms with E-state index in [2.05, 4.69) is 4.72 Å². The molecule has 1 aromatic carbocycles. The summed E-state index contributed by atoms with van der Waals surface area (Å²) in [5, 5.41) is 0. The molecule has 1 heterocycles. The second kappa shape index (κ2) is 5.16. The monoisotopic (exact) mass is 255 g/mol. The Morgan fingerprint density at radius 2 is 1.76 bits per heavy atom. The third-order valence-corrected chi connectivity index (χ3v) is 4.41. The maximum absolute atomic E-state index is 12.1. The fourth-order valence-electron chi connectivity index (χ4n) is 1.82. The van der Waals surface area contributed by atoms with E-state index in [1.807, 2.05) is 6.92 Å². The Bertz CT molecular complexity index is 461. The molecule has 5 heteroatoms. The number of hydrogen-bond donors (Lipinski definition) is 1. The summed E-state index contributed by atoms with van der Waals surface area (Å²) in [7, 11) is -3.38. The molecular weight excluding hydrogens is 238 g/mol. The van der Waals surface area contributed by atoms with E-state index in [0.717, 1.165) is 18.4 Å². The molecule has 94 valence electrons. The van der Waals surface area contributed by atoms with Gasteiger partial charge in [0.1, 0.15) is 0 Å². The number of nitrogens with one attached hydrogen (secondary N) is 1. The van der Waals surface area contributed by atoms with Gasteiger partial charge in [0.15, 0.2) is 0 Å². The summed E-state index contributed by atoms with van der Waals surface area (Å²) in [6, 6.07) is 6.88. The lowest BCUT2D eigenvalue weighted by atomic mass is 10.1. The number of rotatable bonds is 3. The first kappa shape index (κ1) is 12.5. The van der Waals surface area contributed by atoms with Crippen LogP contribution in [0.15, 0.2) is 29.2 Å². The van der Waals surface area contributed by atoms with Gasteiger partial charge in [0.2, 0.25) is 10.0 Å². The van der Waals surface area contributed by atoms with Crippen molar-refractivity contribution in [3.05, 3.63) is 29.8 Å². The van der Waals surface area contributed by atoms with E-state index in [1.54, 1.807) is 24.3 Å². The zero-order chi connectivity index (χ0) is 12.3. The van der Waals surface area contributed by atoms with Crippen LogP contribution in [0, 0.1) is 6.92 Å². The first-order valence-corrected chi connectivity index (χ1v) is 7.23. The molecule has 0 aliphatic carbocycles. The summed E-state index contributed by atoms with van der Waals surface area (Å²) in [6.07, 6.45) is 1.48. The van der Waals surface area contributed by atoms with Gasteiger partial charge in [-0.1, -0.05) is 17.7 Å². The fourth-order valence-corrected chi connectivity index (χ4v) is 3.13. The van der Waals surface area contributed by atoms with Crippen LogP contribution in [0.5, 0.6) is 0 Å². The molecular formula is C12H17NO3S. The van der Waals surface area contributed by atoms with Crippen molar-refractivity contribution < 1.29 is 13.2 Å². The molecule has 1 aliphatic rings. The minimum atomic E-state index is -3.38. The molecule has 0 radical (unpaired) electrons. The van der Waals surface area contributed by atoms with E-state index < -0.39 is 10.0 Å². The zero-order valence-electron chi connectivity index (χ0n) is 9.85. The lowest BCUT2D eigenvalue weighted by Crippen LogP contribution is -2.38. The number of benzene rings is 1. The predicted octanol–water partition coefficient (Wildman–Crippen LogP) is 1.45. The van der Waals surface area contributed by atoms with Gasteiger partial charge in [-0.05, 0) is 31.9 Å². The maximum atomic E-state index is 12.1. The van der Waals surface area contributed by atoms with Gasteiger partial charge in [0, 0.05) is 19.3 Å². The van der Waals surface area contributed by atoms with Crippen LogP contribution in [-0.4, -0.2) is 27.7 Å². The molecule has 0 unspecified atom stereocenters. The Morgan fingerprint density at radius 3 is 2.35 bits per heavy atom. The molecule has 0 saturated carbocycles. The summed E-state index contributed by atoms with van der Waals surface area (Å²) in [6.45, 7) is 3.18. The Labute approximate surface area is 102 Å². The van der Waals surface area contributed by atoms with Gasteiger partial charge in [0.25, 0.3) is 0 Å². The Hall–Kier alpha value is -0.910. The summed E-state index contributed by atoms with van der Waals surface area (Å²) in [5.41, 5.74) is 1.05. The Balaban J connectivity index is 2.10. The highest BCUT2D eigenvalue weighted by atomic mass is 32.2. The standard InChI is InChI=1S/C12H17NO3S/c1-10-2-4-12(5-3-10)17(14,15)13-11-6-8-16-9-7-11/h2-5,11,13H,6-9H2,1H3. The van der Waals surface area contributed by atoms with E-state index in [0.29, 0.717) is 18.1 Å². The van der Waals surface area contributed by atoms with Crippen LogP contribution in [0.2, 0.25) is 0 Å². The van der Waals surface area contributed by atoms with Gasteiger partial charge in [-0.25, -0.2) is 13.1 Å². The van der Waals surface area contributed by atoms with Gasteiger partial charge in [-0.15, -0.1) is 0 Å². The zero-order valence-corrected chi connectivity index (χ0v) is 10.7. The van der Waals surface area contributed by atoms with Crippen molar-refractivity contribution in [1.29, 1.82) is 0 Å². The van der Waals surface area contributed by atoms with Gasteiger partial charge in [0.05, 0.1) is 4.90 Å². The lowest BCUT2D eigenvalue weighted by molar-refractivity contribution is 0.0832. The van der Waals surface area contributed by atoms with Crippen molar-refractivity contribution in [1.82, 2.24) is 4.72 Å². The van der Waals surface area contributed by atoms with Crippen molar-refractivity contribution in [2.24, 2.45) is 0 Å². The summed E-state index contributed by atoms with van der Waals surface area (Å²) in [4.78, 5) is 0.328. The molecule has 0 atom stereocenters. The van der Waals surface area contributed by atoms with E-state index in [1.165, 1.54) is 0 Å². The van der Waals surface area contributed by atoms with Crippen molar-refractivity contribution in [2.75, 3.05) is 13.2 Å². The van der Waals surface area contributed by atoms with Crippen molar-refractivity contribution in [2.45, 2.75) is 30.7 Å². The molecule has 1 saturated heterocycles. The van der Waals surface area contributed by atoms with Crippen LogP contribution < -0.4 is 4.72 Å². The van der Waals surface area contributed by atoms with Crippen LogP contribution in [-0.2, 0) is 14.8 Å². The van der Waals surface area contributed by atoms with E-state index in [-0.39, 0.29) is 6.04 Å². The van der Waals surface area contributed by atoms with Crippen LogP contribution in [0.4, 0.5) is 0 Å². The molecule has 1 aromatic rings. The molecule has 0 aromatic heterocycles. The molecule has 0 amide bonds. The number of aryl methyl sites for hydroxylation is 1. The molecule has 1 N–H and O–H groups in total. The lowest BCUT2D eigenvalue weighted by Gasteiger charge is -2.22. The SMILES string of the molecule is Cc1ccc(S(=O)(=O)NC2CCOCC2)cc1. The van der Waals surface area contributed by atoms with Crippen LogP contribution >= 0.6 is 0 Å². The second-order valence-electron chi connectivity index (χ2n) is 4.32. The van der Waals surface area contributed by atoms with E-state index in [4.69, 9.17) is 4.74 Å². The van der Waals surface area contributed by atoms with Crippen LogP contribution in [0.1, 0.15) is 18.4 Å². The Morgan fingerprint density at radius 1 is 1.18 bits per heavy atom. The highest BCUT2D eigenvalue weighted by molar-refractivity contribution is 7.89. The smallest absolute Gasteiger partial charge is 0.240 e. The third-order valence-electron chi connectivity index (χ3n) is 2.87. The fraction of sp³-hybridized carbons (Fsp3) is 0.500. The molecule has 2 rings (SSSR count). The minimum Gasteiger partial charge on any atom is -0.381 e. The molecule has 4 nitrogen and oxygen atoms in total. The quantitative estimate of drug-likeness (QED) is 0.889. The molecule has 17 heavy (non-hydrogen) atoms. The summed E-state index contributed by atoms with van der Waals surface area (Å²) < 4.78 is 32.0. The molecule has 1 fully saturated rings. The first-order chi connectivity index (χ1) is 8.08. The minimum absolute atomic E-state index is 0.00458. The molecule has 0 bridgehead atoms. The van der Waals surface area contributed by atoms with Gasteiger partial charge < -0.3 is 4.74 Å². The number of sulfonamides is 1. The first-order valence-electron chi connectivity index (χ1n) is 5.75. The van der Waals surface area contributed by atoms with E-state index in [9.17, 15) is 8.42 Å². The number of hydrogen-bond acceptors (Lipinski definition) is 3. The molecule has 0 spiro atoms. The summed E-state index contributed by atoms with van der Waals surface area (Å²) in [5.74, 6) is 0. The van der Waals surface area contributed by atoms with Crippen molar-refractivity contribution in [3.63, 3.8) is 0 Å². The Kier molecular flexibility index (Phi) is 3.81. The van der Waals surface area contributed by atoms with Crippen molar-refractivity contribution >= 4 is 10.0 Å². The highest BCUT2D eigenvalue weighted by Crippen LogP contribution is 2.14. The van der Waals surface area contributed by atoms with Gasteiger partial charge in [-0.3, -0.25) is 0 Å². The van der Waals surface area contributed by atoms with Gasteiger partial charge >= 0.3 is 0 Å². The largest absolute Gasteiger partial charge is 0.381 e. The van der Waals surface area contributed by atoms with Crippen LogP contribution in [0.25, 0.3) is 0 Å².